The summed E-state index contributed by atoms with van der Waals surface area (Å²) < 4.78 is 6.48. The fourth-order valence-corrected chi connectivity index (χ4v) is 1.82. The topological polar surface area (TPSA) is 49.5 Å². The van der Waals surface area contributed by atoms with Crippen LogP contribution in [0.15, 0.2) is 42.2 Å². The van der Waals surface area contributed by atoms with Crippen LogP contribution < -0.4 is 0 Å². The maximum atomic E-state index is 11.7. The van der Waals surface area contributed by atoms with E-state index in [1.54, 1.807) is 6.21 Å². The van der Waals surface area contributed by atoms with Crippen LogP contribution in [0.3, 0.4) is 0 Å². The normalized spacial score (nSPS) is 16.5. The molecule has 1 heterocycles. The summed E-state index contributed by atoms with van der Waals surface area (Å²) in [5, 5.41) is 9.44. The molecule has 88 valence electrons. The highest BCUT2D eigenvalue weighted by Crippen LogP contribution is 2.19. The lowest BCUT2D eigenvalue weighted by Crippen LogP contribution is -2.25. The Kier molecular flexibility index (Phi) is 3.35. The van der Waals surface area contributed by atoms with Gasteiger partial charge in [0.1, 0.15) is 12.7 Å². The summed E-state index contributed by atoms with van der Waals surface area (Å²) in [7, 11) is 1.51. The lowest BCUT2D eigenvalue weighted by Gasteiger charge is -2.09. The number of nitrogens with zero attached hydrogens (tertiary/aromatic N) is 1. The van der Waals surface area contributed by atoms with Crippen molar-refractivity contribution in [1.82, 2.24) is 0 Å². The van der Waals surface area contributed by atoms with Gasteiger partial charge in [-0.1, -0.05) is 30.3 Å². The quantitative estimate of drug-likeness (QED) is 0.784. The van der Waals surface area contributed by atoms with Crippen molar-refractivity contribution in [3.05, 3.63) is 47.7 Å². The van der Waals surface area contributed by atoms with Gasteiger partial charge in [0.2, 0.25) is 12.3 Å². The second-order valence-electron chi connectivity index (χ2n) is 3.73. The van der Waals surface area contributed by atoms with E-state index < -0.39 is 0 Å². The summed E-state index contributed by atoms with van der Waals surface area (Å²) in [6.07, 6.45) is 3.02. The Morgan fingerprint density at radius 2 is 2.06 bits per heavy atom. The van der Waals surface area contributed by atoms with Gasteiger partial charge in [0.05, 0.1) is 7.11 Å². The average molecular weight is 232 g/mol. The molecule has 0 unspecified atom stereocenters. The Bertz CT molecular complexity index is 477. The Hall–Kier alpha value is -1.94. The first-order valence-corrected chi connectivity index (χ1v) is 5.35. The first kappa shape index (κ1) is 11.5. The summed E-state index contributed by atoms with van der Waals surface area (Å²) in [4.78, 5) is 11.7. The Morgan fingerprint density at radius 1 is 1.35 bits per heavy atom. The number of ether oxygens (including phenoxy) is 1. The number of aliphatic hydroxyl groups is 1. The van der Waals surface area contributed by atoms with Gasteiger partial charge in [-0.3, -0.25) is 0 Å². The number of hydrogen-bond acceptors (Lipinski definition) is 3. The molecule has 1 N–H and O–H groups in total. The highest BCUT2D eigenvalue weighted by atomic mass is 16.5. The minimum absolute atomic E-state index is 0.128. The third-order valence-corrected chi connectivity index (χ3v) is 2.72. The maximum Gasteiger partial charge on any atom is 0.416 e. The lowest BCUT2D eigenvalue weighted by molar-refractivity contribution is -0.487. The van der Waals surface area contributed by atoms with E-state index in [1.807, 2.05) is 30.3 Å². The molecule has 0 saturated heterocycles. The predicted octanol–water partition coefficient (Wildman–Crippen LogP) is 0.874. The number of benzene rings is 1. The number of amides is 1. The molecule has 0 radical (unpaired) electrons. The predicted molar refractivity (Wildman–Crippen MR) is 62.7 cm³/mol. The number of rotatable bonds is 4. The third-order valence-electron chi connectivity index (χ3n) is 2.72. The van der Waals surface area contributed by atoms with Gasteiger partial charge in [0.25, 0.3) is 0 Å². The third kappa shape index (κ3) is 2.26. The van der Waals surface area contributed by atoms with Crippen LogP contribution in [0, 0.1) is 0 Å². The molecule has 17 heavy (non-hydrogen) atoms. The lowest BCUT2D eigenvalue weighted by atomic mass is 10.1. The van der Waals surface area contributed by atoms with E-state index in [4.69, 9.17) is 4.74 Å². The molecule has 0 spiro atoms. The van der Waals surface area contributed by atoms with E-state index in [0.29, 0.717) is 5.76 Å². The van der Waals surface area contributed by atoms with E-state index >= 15 is 0 Å². The number of carbonyl (C=O) groups is 1. The number of allylic oxidation sites excluding steroid dienone is 1. The molecule has 1 amide bonds. The molecular weight excluding hydrogens is 218 g/mol. The van der Waals surface area contributed by atoms with Crippen LogP contribution in [0.5, 0.6) is 0 Å². The molecule has 1 atom stereocenters. The van der Waals surface area contributed by atoms with Crippen LogP contribution in [0.1, 0.15) is 11.6 Å². The molecule has 4 heteroatoms. The average Bonchev–Trinajstić information content (AvgIpc) is 2.73. The van der Waals surface area contributed by atoms with Crippen LogP contribution in [0.25, 0.3) is 0 Å². The second-order valence-corrected chi connectivity index (χ2v) is 3.73. The zero-order valence-corrected chi connectivity index (χ0v) is 9.54. The zero-order chi connectivity index (χ0) is 12.3. The van der Waals surface area contributed by atoms with E-state index in [9.17, 15) is 9.90 Å². The monoisotopic (exact) mass is 232 g/mol. The van der Waals surface area contributed by atoms with Gasteiger partial charge < -0.3 is 9.84 Å². The van der Waals surface area contributed by atoms with Crippen molar-refractivity contribution in [2.45, 2.75) is 6.04 Å². The molecule has 4 nitrogen and oxygen atoms in total. The minimum atomic E-state index is -0.368. The van der Waals surface area contributed by atoms with Crippen LogP contribution >= 0.6 is 0 Å². The van der Waals surface area contributed by atoms with Crippen LogP contribution in [-0.4, -0.2) is 35.5 Å². The summed E-state index contributed by atoms with van der Waals surface area (Å²) >= 11 is 0. The van der Waals surface area contributed by atoms with Gasteiger partial charge in [-0.2, -0.15) is 4.58 Å². The SMILES string of the molecule is COC1=CC(=O)[N+]([C@H](CO)c2ccccc2)=C1. The number of methoxy groups -OCH3 is 1. The molecule has 2 rings (SSSR count). The molecule has 1 aliphatic rings. The van der Waals surface area contributed by atoms with E-state index in [-0.39, 0.29) is 18.6 Å². The molecular formula is C13H14NO3+. The molecule has 0 aliphatic carbocycles. The van der Waals surface area contributed by atoms with Gasteiger partial charge in [0.15, 0.2) is 5.76 Å². The van der Waals surface area contributed by atoms with Gasteiger partial charge in [-0.25, -0.2) is 4.79 Å². The Balaban J connectivity index is 2.30. The van der Waals surface area contributed by atoms with E-state index in [2.05, 4.69) is 0 Å². The van der Waals surface area contributed by atoms with Crippen molar-refractivity contribution < 1.29 is 19.2 Å². The summed E-state index contributed by atoms with van der Waals surface area (Å²) in [6.45, 7) is -0.128. The minimum Gasteiger partial charge on any atom is -0.490 e. The molecule has 0 aromatic heterocycles. The summed E-state index contributed by atoms with van der Waals surface area (Å²) in [5.74, 6) is 0.328. The first-order valence-electron chi connectivity index (χ1n) is 5.35. The highest BCUT2D eigenvalue weighted by molar-refractivity contribution is 5.95. The Labute approximate surface area is 99.5 Å². The molecule has 1 aliphatic heterocycles. The van der Waals surface area contributed by atoms with Gasteiger partial charge in [-0.15, -0.1) is 0 Å². The number of carbonyl (C=O) groups excluding carboxylic acids is 1. The first-order chi connectivity index (χ1) is 8.26. The van der Waals surface area contributed by atoms with Crippen LogP contribution in [0.2, 0.25) is 0 Å². The van der Waals surface area contributed by atoms with Crippen molar-refractivity contribution in [1.29, 1.82) is 0 Å². The van der Waals surface area contributed by atoms with Crippen molar-refractivity contribution in [3.8, 4) is 0 Å². The fourth-order valence-electron chi connectivity index (χ4n) is 1.82. The molecule has 0 saturated carbocycles. The summed E-state index contributed by atoms with van der Waals surface area (Å²) in [6, 6.07) is 9.05. The van der Waals surface area contributed by atoms with Crippen molar-refractivity contribution in [2.75, 3.05) is 13.7 Å². The van der Waals surface area contributed by atoms with Gasteiger partial charge >= 0.3 is 5.91 Å². The fraction of sp³-hybridized carbons (Fsp3) is 0.231. The van der Waals surface area contributed by atoms with E-state index in [0.717, 1.165) is 5.56 Å². The van der Waals surface area contributed by atoms with Gasteiger partial charge in [0, 0.05) is 5.56 Å². The zero-order valence-electron chi connectivity index (χ0n) is 9.54. The largest absolute Gasteiger partial charge is 0.490 e. The smallest absolute Gasteiger partial charge is 0.416 e. The molecule has 0 fully saturated rings. The maximum absolute atomic E-state index is 11.7. The standard InChI is InChI=1S/C13H14NO3/c1-17-11-7-13(16)14(8-11)12(9-15)10-5-3-2-4-6-10/h2-8,12,15H,9H2,1H3/q+1/t12-/m1/s1. The molecule has 0 bridgehead atoms. The van der Waals surface area contributed by atoms with Crippen molar-refractivity contribution >= 4 is 12.1 Å². The second kappa shape index (κ2) is 4.93. The number of aliphatic hydroxyl groups excluding tert-OH is 1. The Morgan fingerprint density at radius 3 is 2.59 bits per heavy atom. The highest BCUT2D eigenvalue weighted by Gasteiger charge is 2.33. The van der Waals surface area contributed by atoms with Crippen molar-refractivity contribution in [3.63, 3.8) is 0 Å². The van der Waals surface area contributed by atoms with Crippen LogP contribution in [-0.2, 0) is 9.53 Å². The van der Waals surface area contributed by atoms with Crippen LogP contribution in [0.4, 0.5) is 0 Å². The number of hydrogen-bond donors (Lipinski definition) is 1. The molecule has 1 aromatic carbocycles. The van der Waals surface area contributed by atoms with Gasteiger partial charge in [-0.05, 0) is 0 Å². The van der Waals surface area contributed by atoms with E-state index in [1.165, 1.54) is 17.8 Å². The van der Waals surface area contributed by atoms with Crippen molar-refractivity contribution in [2.24, 2.45) is 0 Å². The molecule has 1 aromatic rings. The summed E-state index contributed by atoms with van der Waals surface area (Å²) in [5.41, 5.74) is 0.894.